The number of benzene rings is 9. The molecule has 0 amide bonds. The summed E-state index contributed by atoms with van der Waals surface area (Å²) in [6, 6.07) is 67.9. The van der Waals surface area contributed by atoms with Gasteiger partial charge in [0.25, 0.3) is 0 Å². The number of furan rings is 1. The lowest BCUT2D eigenvalue weighted by Gasteiger charge is -2.27. The monoisotopic (exact) mass is 693 g/mol. The van der Waals surface area contributed by atoms with Crippen LogP contribution < -0.4 is 4.90 Å². The van der Waals surface area contributed by atoms with E-state index in [9.17, 15) is 0 Å². The predicted molar refractivity (Wildman–Crippen MR) is 227 cm³/mol. The lowest BCUT2D eigenvalue weighted by molar-refractivity contribution is 0.669. The molecule has 248 valence electrons. The standard InChI is InChI=1S/C50H31NOS/c1-2-10-33(11-3-1)40-27-28-45(50-49(40)42-15-6-8-16-46(42)52-50)51(38-26-22-35-19-18-34-12-4-5-13-39(34)43(35)31-38)37-24-20-32(21-25-37)36-23-29-48-44(30-36)41-14-7-9-17-47(41)53-48/h1-31H. The minimum absolute atomic E-state index is 0.865. The summed E-state index contributed by atoms with van der Waals surface area (Å²) in [5, 5.41) is 9.76. The Bertz CT molecular complexity index is 3170. The van der Waals surface area contributed by atoms with Gasteiger partial charge in [-0.05, 0) is 98.4 Å². The van der Waals surface area contributed by atoms with Crippen LogP contribution in [0.2, 0.25) is 0 Å². The van der Waals surface area contributed by atoms with Crippen molar-refractivity contribution in [1.29, 1.82) is 0 Å². The van der Waals surface area contributed by atoms with Gasteiger partial charge < -0.3 is 9.32 Å². The fourth-order valence-corrected chi connectivity index (χ4v) is 9.20. The normalized spacial score (nSPS) is 11.8. The average Bonchev–Trinajstić information content (AvgIpc) is 3.80. The quantitative estimate of drug-likeness (QED) is 0.167. The van der Waals surface area contributed by atoms with E-state index in [4.69, 9.17) is 4.42 Å². The highest BCUT2D eigenvalue weighted by Gasteiger charge is 2.23. The fourth-order valence-electron chi connectivity index (χ4n) is 8.11. The van der Waals surface area contributed by atoms with Crippen molar-refractivity contribution in [3.63, 3.8) is 0 Å². The third-order valence-corrected chi connectivity index (χ3v) is 11.8. The number of anilines is 3. The van der Waals surface area contributed by atoms with Crippen LogP contribution in [0, 0.1) is 0 Å². The number of rotatable bonds is 5. The van der Waals surface area contributed by atoms with E-state index < -0.39 is 0 Å². The van der Waals surface area contributed by atoms with Crippen molar-refractivity contribution in [1.82, 2.24) is 0 Å². The number of nitrogens with zero attached hydrogens (tertiary/aromatic N) is 1. The molecule has 0 aliphatic heterocycles. The Kier molecular flexibility index (Phi) is 6.76. The van der Waals surface area contributed by atoms with Gasteiger partial charge in [-0.3, -0.25) is 0 Å². The van der Waals surface area contributed by atoms with E-state index in [0.717, 1.165) is 44.6 Å². The van der Waals surface area contributed by atoms with E-state index in [1.165, 1.54) is 58.4 Å². The van der Waals surface area contributed by atoms with Crippen molar-refractivity contribution in [3.8, 4) is 22.3 Å². The molecule has 0 N–H and O–H groups in total. The molecule has 0 fully saturated rings. The number of fused-ring (bicyclic) bond motifs is 9. The predicted octanol–water partition coefficient (Wildman–Crippen LogP) is 15.1. The van der Waals surface area contributed by atoms with Gasteiger partial charge in [0, 0.05) is 42.3 Å². The Balaban J connectivity index is 1.13. The molecule has 0 radical (unpaired) electrons. The highest BCUT2D eigenvalue weighted by atomic mass is 32.1. The topological polar surface area (TPSA) is 16.4 Å². The van der Waals surface area contributed by atoms with Crippen LogP contribution in [0.25, 0.3) is 85.9 Å². The summed E-state index contributed by atoms with van der Waals surface area (Å²) in [5.41, 5.74) is 9.59. The molecule has 53 heavy (non-hydrogen) atoms. The maximum atomic E-state index is 6.85. The van der Waals surface area contributed by atoms with Crippen molar-refractivity contribution >= 4 is 92.1 Å². The molecule has 2 heterocycles. The Labute approximate surface area is 310 Å². The summed E-state index contributed by atoms with van der Waals surface area (Å²) in [7, 11) is 0. The van der Waals surface area contributed by atoms with Crippen LogP contribution >= 0.6 is 11.3 Å². The van der Waals surface area contributed by atoms with Gasteiger partial charge in [-0.1, -0.05) is 133 Å². The molecule has 0 atom stereocenters. The van der Waals surface area contributed by atoms with E-state index in [1.54, 1.807) is 0 Å². The molecule has 0 unspecified atom stereocenters. The summed E-state index contributed by atoms with van der Waals surface area (Å²) in [5.74, 6) is 0. The molecule has 11 rings (SSSR count). The van der Waals surface area contributed by atoms with E-state index in [1.807, 2.05) is 17.4 Å². The smallest absolute Gasteiger partial charge is 0.160 e. The second-order valence-corrected chi connectivity index (χ2v) is 14.8. The molecule has 0 aliphatic carbocycles. The van der Waals surface area contributed by atoms with Crippen LogP contribution in [0.1, 0.15) is 0 Å². The average molecular weight is 694 g/mol. The molecule has 0 saturated carbocycles. The number of hydrogen-bond donors (Lipinski definition) is 0. The van der Waals surface area contributed by atoms with Gasteiger partial charge >= 0.3 is 0 Å². The first-order valence-electron chi connectivity index (χ1n) is 18.0. The van der Waals surface area contributed by atoms with Crippen LogP contribution in [0.4, 0.5) is 17.1 Å². The van der Waals surface area contributed by atoms with Crippen LogP contribution in [0.5, 0.6) is 0 Å². The molecule has 3 heteroatoms. The lowest BCUT2D eigenvalue weighted by Crippen LogP contribution is -2.10. The molecule has 9 aromatic carbocycles. The first-order valence-corrected chi connectivity index (χ1v) is 18.8. The van der Waals surface area contributed by atoms with Crippen molar-refractivity contribution in [3.05, 3.63) is 188 Å². The Hall–Kier alpha value is -6.68. The SMILES string of the molecule is c1ccc(-c2ccc(N(c3ccc(-c4ccc5sc6ccccc6c5c4)cc3)c3ccc4ccc5ccccc5c4c3)c3oc4ccccc4c23)cc1. The molecular weight excluding hydrogens is 663 g/mol. The third kappa shape index (κ3) is 4.86. The second kappa shape index (κ2) is 11.9. The third-order valence-electron chi connectivity index (χ3n) is 10.7. The number of hydrogen-bond acceptors (Lipinski definition) is 3. The number of thiophene rings is 1. The Morgan fingerprint density at radius 2 is 1.06 bits per heavy atom. The largest absolute Gasteiger partial charge is 0.454 e. The van der Waals surface area contributed by atoms with Gasteiger partial charge in [0.05, 0.1) is 5.69 Å². The van der Waals surface area contributed by atoms with Crippen LogP contribution in [0.3, 0.4) is 0 Å². The number of para-hydroxylation sites is 1. The molecule has 0 bridgehead atoms. The van der Waals surface area contributed by atoms with Crippen LogP contribution in [-0.2, 0) is 0 Å². The van der Waals surface area contributed by atoms with Crippen molar-refractivity contribution in [2.75, 3.05) is 4.90 Å². The summed E-state index contributed by atoms with van der Waals surface area (Å²) < 4.78 is 9.49. The van der Waals surface area contributed by atoms with Crippen molar-refractivity contribution < 1.29 is 4.42 Å². The maximum absolute atomic E-state index is 6.85. The zero-order valence-electron chi connectivity index (χ0n) is 28.7. The molecule has 0 spiro atoms. The zero-order chi connectivity index (χ0) is 34.9. The van der Waals surface area contributed by atoms with Crippen LogP contribution in [0.15, 0.2) is 192 Å². The molecular formula is C50H31NOS. The summed E-state index contributed by atoms with van der Waals surface area (Å²) in [6.07, 6.45) is 0. The van der Waals surface area contributed by atoms with Gasteiger partial charge in [-0.2, -0.15) is 0 Å². The second-order valence-electron chi connectivity index (χ2n) is 13.7. The summed E-state index contributed by atoms with van der Waals surface area (Å²) in [4.78, 5) is 2.36. The summed E-state index contributed by atoms with van der Waals surface area (Å²) >= 11 is 1.85. The molecule has 0 aliphatic rings. The van der Waals surface area contributed by atoms with E-state index >= 15 is 0 Å². The van der Waals surface area contributed by atoms with E-state index in [2.05, 4.69) is 187 Å². The molecule has 11 aromatic rings. The van der Waals surface area contributed by atoms with E-state index in [-0.39, 0.29) is 0 Å². The van der Waals surface area contributed by atoms with Gasteiger partial charge in [0.1, 0.15) is 5.58 Å². The highest BCUT2D eigenvalue weighted by molar-refractivity contribution is 7.25. The van der Waals surface area contributed by atoms with Crippen LogP contribution in [-0.4, -0.2) is 0 Å². The minimum Gasteiger partial charge on any atom is -0.454 e. The maximum Gasteiger partial charge on any atom is 0.160 e. The van der Waals surface area contributed by atoms with E-state index in [0.29, 0.717) is 0 Å². The fraction of sp³-hybridized carbons (Fsp3) is 0. The Morgan fingerprint density at radius 3 is 1.92 bits per heavy atom. The zero-order valence-corrected chi connectivity index (χ0v) is 29.5. The molecule has 0 saturated heterocycles. The van der Waals surface area contributed by atoms with Crippen molar-refractivity contribution in [2.45, 2.75) is 0 Å². The van der Waals surface area contributed by atoms with Crippen molar-refractivity contribution in [2.24, 2.45) is 0 Å². The van der Waals surface area contributed by atoms with Gasteiger partial charge in [0.15, 0.2) is 5.58 Å². The molecule has 2 nitrogen and oxygen atoms in total. The van der Waals surface area contributed by atoms with Gasteiger partial charge in [0.2, 0.25) is 0 Å². The highest BCUT2D eigenvalue weighted by Crippen LogP contribution is 2.47. The Morgan fingerprint density at radius 1 is 0.396 bits per heavy atom. The van der Waals surface area contributed by atoms with Gasteiger partial charge in [-0.15, -0.1) is 11.3 Å². The lowest BCUT2D eigenvalue weighted by atomic mass is 9.97. The van der Waals surface area contributed by atoms with Gasteiger partial charge in [-0.25, -0.2) is 0 Å². The summed E-state index contributed by atoms with van der Waals surface area (Å²) in [6.45, 7) is 0. The first kappa shape index (κ1) is 30.0. The minimum atomic E-state index is 0.865. The molecule has 2 aromatic heterocycles. The first-order chi connectivity index (χ1) is 26.3.